The molecule has 0 saturated heterocycles. The van der Waals surface area contributed by atoms with Crippen LogP contribution < -0.4 is 4.72 Å². The third kappa shape index (κ3) is 4.57. The Morgan fingerprint density at radius 1 is 1.18 bits per heavy atom. The van der Waals surface area contributed by atoms with Gasteiger partial charge in [0.05, 0.1) is 15.5 Å². The Labute approximate surface area is 171 Å². The number of hydrogen-bond acceptors (Lipinski definition) is 3. The first-order valence-corrected chi connectivity index (χ1v) is 11.2. The molecule has 1 amide bonds. The number of hydrogen-bond donors (Lipinski definition) is 1. The van der Waals surface area contributed by atoms with Gasteiger partial charge in [-0.1, -0.05) is 49.7 Å². The van der Waals surface area contributed by atoms with Crippen molar-refractivity contribution in [1.29, 1.82) is 0 Å². The zero-order valence-electron chi connectivity index (χ0n) is 16.3. The highest BCUT2D eigenvalue weighted by Gasteiger charge is 2.34. The number of carbonyl (C=O) groups is 1. The van der Waals surface area contributed by atoms with Crippen molar-refractivity contribution in [2.45, 2.75) is 50.1 Å². The van der Waals surface area contributed by atoms with E-state index < -0.39 is 10.0 Å². The fourth-order valence-electron chi connectivity index (χ4n) is 3.07. The summed E-state index contributed by atoms with van der Waals surface area (Å²) >= 11 is 6.25. The molecule has 0 aliphatic heterocycles. The van der Waals surface area contributed by atoms with E-state index in [4.69, 9.17) is 11.6 Å². The van der Waals surface area contributed by atoms with Crippen LogP contribution in [0.5, 0.6) is 0 Å². The van der Waals surface area contributed by atoms with Crippen LogP contribution in [-0.2, 0) is 16.6 Å². The van der Waals surface area contributed by atoms with Gasteiger partial charge < -0.3 is 4.90 Å². The maximum absolute atomic E-state index is 13.2. The minimum atomic E-state index is -3.65. The van der Waals surface area contributed by atoms with Crippen LogP contribution in [0.3, 0.4) is 0 Å². The molecule has 0 bridgehead atoms. The zero-order chi connectivity index (χ0) is 20.5. The number of nitrogens with one attached hydrogen (secondary N) is 1. The predicted octanol–water partition coefficient (Wildman–Crippen LogP) is 4.18. The summed E-state index contributed by atoms with van der Waals surface area (Å²) in [5.41, 5.74) is 2.50. The minimum absolute atomic E-state index is 0.0276. The fourth-order valence-corrected chi connectivity index (χ4v) is 4.02. The number of sulfonamides is 1. The van der Waals surface area contributed by atoms with Crippen LogP contribution in [0.1, 0.15) is 54.1 Å². The van der Waals surface area contributed by atoms with E-state index >= 15 is 0 Å². The first-order valence-electron chi connectivity index (χ1n) is 9.36. The molecule has 5 nitrogen and oxygen atoms in total. The monoisotopic (exact) mass is 420 g/mol. The lowest BCUT2D eigenvalue weighted by molar-refractivity contribution is 0.0730. The van der Waals surface area contributed by atoms with Gasteiger partial charge in [-0.15, -0.1) is 0 Å². The van der Waals surface area contributed by atoms with Gasteiger partial charge in [-0.05, 0) is 55.1 Å². The summed E-state index contributed by atoms with van der Waals surface area (Å²) in [4.78, 5) is 15.0. The third-order valence-electron chi connectivity index (χ3n) is 5.00. The molecule has 28 heavy (non-hydrogen) atoms. The Morgan fingerprint density at radius 2 is 1.82 bits per heavy atom. The summed E-state index contributed by atoms with van der Waals surface area (Å²) in [6.07, 6.45) is 1.89. The molecule has 1 N–H and O–H groups in total. The summed E-state index contributed by atoms with van der Waals surface area (Å²) < 4.78 is 26.5. The van der Waals surface area contributed by atoms with Gasteiger partial charge in [0.1, 0.15) is 0 Å². The smallest absolute Gasteiger partial charge is 0.255 e. The van der Waals surface area contributed by atoms with Crippen LogP contribution in [-0.4, -0.2) is 32.3 Å². The molecule has 0 radical (unpaired) electrons. The normalized spacial score (nSPS) is 14.3. The summed E-state index contributed by atoms with van der Waals surface area (Å²) in [6.45, 7) is 4.76. The van der Waals surface area contributed by atoms with Crippen molar-refractivity contribution in [3.63, 3.8) is 0 Å². The molecule has 2 aromatic carbocycles. The number of amides is 1. The summed E-state index contributed by atoms with van der Waals surface area (Å²) in [5, 5.41) is 0.251. The molecule has 150 valence electrons. The molecule has 0 spiro atoms. The van der Waals surface area contributed by atoms with Crippen molar-refractivity contribution in [3.05, 3.63) is 64.2 Å². The highest BCUT2D eigenvalue weighted by atomic mass is 35.5. The average Bonchev–Trinajstić information content (AvgIpc) is 3.51. The van der Waals surface area contributed by atoms with E-state index in [9.17, 15) is 13.2 Å². The van der Waals surface area contributed by atoms with Gasteiger partial charge in [-0.2, -0.15) is 0 Å². The number of benzene rings is 2. The maximum atomic E-state index is 13.2. The van der Waals surface area contributed by atoms with Crippen molar-refractivity contribution in [2.24, 2.45) is 0 Å². The number of nitrogens with zero attached hydrogens (tertiary/aromatic N) is 1. The van der Waals surface area contributed by atoms with Crippen LogP contribution in [0.4, 0.5) is 0 Å². The molecule has 1 fully saturated rings. The summed E-state index contributed by atoms with van der Waals surface area (Å²) in [7, 11) is -2.32. The van der Waals surface area contributed by atoms with Gasteiger partial charge in [0.15, 0.2) is 0 Å². The summed E-state index contributed by atoms with van der Waals surface area (Å²) in [5.74, 6) is 0.208. The van der Waals surface area contributed by atoms with Gasteiger partial charge in [-0.3, -0.25) is 4.79 Å². The Kier molecular flexibility index (Phi) is 6.12. The van der Waals surface area contributed by atoms with Crippen LogP contribution in [0, 0.1) is 0 Å². The Hall–Kier alpha value is -1.89. The van der Waals surface area contributed by atoms with E-state index in [0.717, 1.165) is 18.4 Å². The van der Waals surface area contributed by atoms with Crippen molar-refractivity contribution in [3.8, 4) is 0 Å². The van der Waals surface area contributed by atoms with Crippen molar-refractivity contribution < 1.29 is 13.2 Å². The molecule has 7 heteroatoms. The highest BCUT2D eigenvalue weighted by Crippen LogP contribution is 2.32. The second-order valence-electron chi connectivity index (χ2n) is 7.41. The molecule has 0 heterocycles. The van der Waals surface area contributed by atoms with Gasteiger partial charge in [0.25, 0.3) is 5.91 Å². The first kappa shape index (κ1) is 20.8. The Morgan fingerprint density at radius 3 is 2.36 bits per heavy atom. The molecule has 1 aliphatic rings. The van der Waals surface area contributed by atoms with Crippen molar-refractivity contribution in [1.82, 2.24) is 9.62 Å². The van der Waals surface area contributed by atoms with E-state index in [-0.39, 0.29) is 27.4 Å². The average molecular weight is 421 g/mol. The van der Waals surface area contributed by atoms with Crippen LogP contribution >= 0.6 is 11.6 Å². The molecule has 1 aliphatic carbocycles. The second-order valence-corrected chi connectivity index (χ2v) is 9.70. The molecule has 3 rings (SSSR count). The standard InChI is InChI=1S/C21H25ClN2O3S/c1-14(2)16-6-4-15(5-7-16)13-24(17-8-9-17)21(25)19-12-18(10-11-20(19)22)28(26,27)23-3/h4-7,10-12,14,17,23H,8-9,13H2,1-3H3. The highest BCUT2D eigenvalue weighted by molar-refractivity contribution is 7.89. The van der Waals surface area contributed by atoms with E-state index in [0.29, 0.717) is 12.5 Å². The number of carbonyl (C=O) groups excluding carboxylic acids is 1. The topological polar surface area (TPSA) is 66.5 Å². The Balaban J connectivity index is 1.89. The van der Waals surface area contributed by atoms with Crippen LogP contribution in [0.15, 0.2) is 47.4 Å². The molecule has 0 unspecified atom stereocenters. The van der Waals surface area contributed by atoms with E-state index in [2.05, 4.69) is 30.7 Å². The molecule has 0 atom stereocenters. The van der Waals surface area contributed by atoms with E-state index in [1.165, 1.54) is 30.8 Å². The predicted molar refractivity (Wildman–Crippen MR) is 111 cm³/mol. The lowest BCUT2D eigenvalue weighted by atomic mass is 10.0. The third-order valence-corrected chi connectivity index (χ3v) is 6.74. The van der Waals surface area contributed by atoms with Gasteiger partial charge in [-0.25, -0.2) is 13.1 Å². The molecule has 1 saturated carbocycles. The number of rotatable bonds is 7. The van der Waals surface area contributed by atoms with Crippen molar-refractivity contribution in [2.75, 3.05) is 7.05 Å². The zero-order valence-corrected chi connectivity index (χ0v) is 17.8. The molecular weight excluding hydrogens is 396 g/mol. The lowest BCUT2D eigenvalue weighted by Gasteiger charge is -2.24. The van der Waals surface area contributed by atoms with Gasteiger partial charge in [0, 0.05) is 12.6 Å². The van der Waals surface area contributed by atoms with Crippen molar-refractivity contribution >= 4 is 27.5 Å². The molecule has 2 aromatic rings. The Bertz CT molecular complexity index is 968. The van der Waals surface area contributed by atoms with Crippen LogP contribution in [0.2, 0.25) is 5.02 Å². The second kappa shape index (κ2) is 8.23. The maximum Gasteiger partial charge on any atom is 0.255 e. The fraction of sp³-hybridized carbons (Fsp3) is 0.381. The summed E-state index contributed by atoms with van der Waals surface area (Å²) in [6, 6.07) is 12.6. The minimum Gasteiger partial charge on any atom is -0.331 e. The van der Waals surface area contributed by atoms with E-state index in [1.54, 1.807) is 4.90 Å². The lowest BCUT2D eigenvalue weighted by Crippen LogP contribution is -2.33. The molecule has 0 aromatic heterocycles. The number of halogens is 1. The first-order chi connectivity index (χ1) is 13.2. The SMILES string of the molecule is CNS(=O)(=O)c1ccc(Cl)c(C(=O)N(Cc2ccc(C(C)C)cc2)C2CC2)c1. The van der Waals surface area contributed by atoms with E-state index in [1.807, 2.05) is 12.1 Å². The molecular formula is C21H25ClN2O3S. The van der Waals surface area contributed by atoms with Crippen LogP contribution in [0.25, 0.3) is 0 Å². The van der Waals surface area contributed by atoms with Gasteiger partial charge >= 0.3 is 0 Å². The van der Waals surface area contributed by atoms with Gasteiger partial charge in [0.2, 0.25) is 10.0 Å². The quantitative estimate of drug-likeness (QED) is 0.730. The largest absolute Gasteiger partial charge is 0.331 e.